The zero-order valence-corrected chi connectivity index (χ0v) is 25.7. The van der Waals surface area contributed by atoms with E-state index in [-0.39, 0.29) is 5.91 Å². The summed E-state index contributed by atoms with van der Waals surface area (Å²) in [5, 5.41) is 6.61. The molecule has 0 saturated heterocycles. The quantitative estimate of drug-likeness (QED) is 0.163. The number of rotatable bonds is 15. The number of nitrogens with one attached hydrogen (secondary N) is 2. The van der Waals surface area contributed by atoms with Gasteiger partial charge in [-0.25, -0.2) is 0 Å². The molecule has 0 aromatic heterocycles. The molecule has 4 fully saturated rings. The Balaban J connectivity index is 1.23. The predicted molar refractivity (Wildman–Crippen MR) is 162 cm³/mol. The molecular weight excluding hydrogens is 482 g/mol. The first-order valence-electron chi connectivity index (χ1n) is 16.7. The summed E-state index contributed by atoms with van der Waals surface area (Å²) in [6.45, 7) is 15.9. The Hall–Kier alpha value is -0.910. The van der Waals surface area contributed by atoms with Gasteiger partial charge in [-0.1, -0.05) is 26.8 Å². The van der Waals surface area contributed by atoms with Gasteiger partial charge < -0.3 is 21.1 Å². The second-order valence-corrected chi connectivity index (χ2v) is 14.4. The van der Waals surface area contributed by atoms with Crippen LogP contribution in [0.5, 0.6) is 0 Å². The molecule has 39 heavy (non-hydrogen) atoms. The molecular formula is C34H61N3O2. The number of nitrogens with two attached hydrogens (primary N) is 1. The lowest BCUT2D eigenvalue weighted by atomic mass is 9.44. The van der Waals surface area contributed by atoms with Crippen molar-refractivity contribution in [3.05, 3.63) is 12.7 Å². The Morgan fingerprint density at radius 2 is 1.77 bits per heavy atom. The summed E-state index contributed by atoms with van der Waals surface area (Å²) in [5.41, 5.74) is 6.53. The summed E-state index contributed by atoms with van der Waals surface area (Å²) >= 11 is 0. The average Bonchev–Trinajstić information content (AvgIpc) is 3.29. The molecule has 5 nitrogen and oxygen atoms in total. The van der Waals surface area contributed by atoms with E-state index < -0.39 is 0 Å². The Morgan fingerprint density at radius 1 is 1.00 bits per heavy atom. The summed E-state index contributed by atoms with van der Waals surface area (Å²) in [7, 11) is 0. The van der Waals surface area contributed by atoms with Crippen molar-refractivity contribution in [3.63, 3.8) is 0 Å². The molecule has 0 radical (unpaired) electrons. The first-order chi connectivity index (χ1) is 18.8. The lowest BCUT2D eigenvalue weighted by Crippen LogP contribution is -2.54. The Labute approximate surface area is 240 Å². The number of unbranched alkanes of at least 4 members (excludes halogenated alkanes) is 1. The molecule has 0 unspecified atom stereocenters. The van der Waals surface area contributed by atoms with Crippen molar-refractivity contribution in [1.29, 1.82) is 0 Å². The molecule has 4 aliphatic carbocycles. The van der Waals surface area contributed by atoms with Gasteiger partial charge in [0.05, 0.1) is 12.7 Å². The molecule has 4 N–H and O–H groups in total. The van der Waals surface area contributed by atoms with Crippen molar-refractivity contribution in [1.82, 2.24) is 10.6 Å². The van der Waals surface area contributed by atoms with E-state index in [1.807, 2.05) is 6.08 Å². The van der Waals surface area contributed by atoms with Crippen molar-refractivity contribution in [2.24, 2.45) is 52.1 Å². The highest BCUT2D eigenvalue weighted by atomic mass is 16.5. The Bertz CT molecular complexity index is 788. The van der Waals surface area contributed by atoms with E-state index in [4.69, 9.17) is 10.5 Å². The number of hydrogen-bond donors (Lipinski definition) is 3. The van der Waals surface area contributed by atoms with Gasteiger partial charge in [0.15, 0.2) is 0 Å². The van der Waals surface area contributed by atoms with Gasteiger partial charge in [-0.2, -0.15) is 0 Å². The van der Waals surface area contributed by atoms with Crippen LogP contribution in [0.4, 0.5) is 0 Å². The minimum Gasteiger partial charge on any atom is -0.374 e. The summed E-state index contributed by atoms with van der Waals surface area (Å²) < 4.78 is 6.12. The van der Waals surface area contributed by atoms with Crippen LogP contribution in [0, 0.1) is 46.3 Å². The smallest absolute Gasteiger partial charge is 0.220 e. The molecule has 0 aromatic rings. The molecule has 0 aliphatic heterocycles. The number of amides is 1. The topological polar surface area (TPSA) is 76.4 Å². The van der Waals surface area contributed by atoms with Crippen molar-refractivity contribution in [2.45, 2.75) is 117 Å². The van der Waals surface area contributed by atoms with Crippen LogP contribution in [0.15, 0.2) is 12.7 Å². The van der Waals surface area contributed by atoms with Crippen LogP contribution in [-0.4, -0.2) is 44.8 Å². The van der Waals surface area contributed by atoms with Crippen LogP contribution < -0.4 is 16.4 Å². The summed E-state index contributed by atoms with van der Waals surface area (Å²) in [6, 6.07) is 0. The van der Waals surface area contributed by atoms with Crippen molar-refractivity contribution in [3.8, 4) is 0 Å². The van der Waals surface area contributed by atoms with Crippen LogP contribution in [0.3, 0.4) is 0 Å². The second-order valence-electron chi connectivity index (χ2n) is 14.4. The first-order valence-corrected chi connectivity index (χ1v) is 16.7. The summed E-state index contributed by atoms with van der Waals surface area (Å²) in [4.78, 5) is 12.6. The fraction of sp³-hybridized carbons (Fsp3) is 0.912. The lowest BCUT2D eigenvalue weighted by molar-refractivity contribution is -0.135. The monoisotopic (exact) mass is 543 g/mol. The molecule has 1 amide bonds. The highest BCUT2D eigenvalue weighted by Gasteiger charge is 2.60. The molecule has 224 valence electrons. The second kappa shape index (κ2) is 14.3. The van der Waals surface area contributed by atoms with E-state index in [9.17, 15) is 4.79 Å². The van der Waals surface area contributed by atoms with Crippen molar-refractivity contribution < 1.29 is 9.53 Å². The maximum absolute atomic E-state index is 12.6. The number of ether oxygens (including phenoxy) is 1. The van der Waals surface area contributed by atoms with E-state index >= 15 is 0 Å². The minimum absolute atomic E-state index is 0.243. The van der Waals surface area contributed by atoms with E-state index in [2.05, 4.69) is 38.0 Å². The summed E-state index contributed by atoms with van der Waals surface area (Å²) in [6.07, 6.45) is 19.6. The molecule has 5 heteroatoms. The highest BCUT2D eigenvalue weighted by Crippen LogP contribution is 2.68. The van der Waals surface area contributed by atoms with Crippen molar-refractivity contribution in [2.75, 3.05) is 32.8 Å². The van der Waals surface area contributed by atoms with Crippen LogP contribution >= 0.6 is 0 Å². The number of carbonyl (C=O) groups excluding carboxylic acids is 1. The van der Waals surface area contributed by atoms with Crippen LogP contribution in [0.1, 0.15) is 111 Å². The molecule has 4 saturated carbocycles. The third-order valence-corrected chi connectivity index (χ3v) is 12.3. The molecule has 4 aliphatic rings. The van der Waals surface area contributed by atoms with Crippen molar-refractivity contribution >= 4 is 5.91 Å². The Kier molecular flexibility index (Phi) is 11.4. The molecule has 0 bridgehead atoms. The van der Waals surface area contributed by atoms with Gasteiger partial charge in [-0.05, 0) is 149 Å². The number of hydrogen-bond acceptors (Lipinski definition) is 4. The molecule has 0 aromatic carbocycles. The van der Waals surface area contributed by atoms with Crippen LogP contribution in [0.2, 0.25) is 0 Å². The highest BCUT2D eigenvalue weighted by molar-refractivity contribution is 5.75. The fourth-order valence-electron chi connectivity index (χ4n) is 10.2. The maximum atomic E-state index is 12.6. The van der Waals surface area contributed by atoms with Gasteiger partial charge in [0.25, 0.3) is 0 Å². The lowest BCUT2D eigenvalue weighted by Gasteiger charge is -2.61. The molecule has 4 rings (SSSR count). The minimum atomic E-state index is 0.243. The SMILES string of the molecule is C=CCO[C@@H]1CC[C@@]2(C)[C@H](CC[C@@H]3[C@@H]2CC[C@]2(C)[C@@H]([C@H](C)CCC(=O)NCCCNCCCCN)CC[C@@H]32)C1. The fourth-order valence-corrected chi connectivity index (χ4v) is 10.2. The average molecular weight is 544 g/mol. The van der Waals surface area contributed by atoms with E-state index in [0.717, 1.165) is 81.5 Å². The van der Waals surface area contributed by atoms with Gasteiger partial charge in [0, 0.05) is 13.0 Å². The van der Waals surface area contributed by atoms with Crippen LogP contribution in [0.25, 0.3) is 0 Å². The zero-order chi connectivity index (χ0) is 27.9. The largest absolute Gasteiger partial charge is 0.374 e. The normalized spacial score (nSPS) is 38.4. The first kappa shape index (κ1) is 31.0. The summed E-state index contributed by atoms with van der Waals surface area (Å²) in [5.74, 6) is 5.21. The predicted octanol–water partition coefficient (Wildman–Crippen LogP) is 6.47. The maximum Gasteiger partial charge on any atom is 0.220 e. The number of carbonyl (C=O) groups is 1. The van der Waals surface area contributed by atoms with Gasteiger partial charge in [-0.3, -0.25) is 4.79 Å². The third-order valence-electron chi connectivity index (χ3n) is 12.3. The zero-order valence-electron chi connectivity index (χ0n) is 25.7. The third kappa shape index (κ3) is 7.12. The van der Waals surface area contributed by atoms with E-state index in [1.54, 1.807) is 0 Å². The standard InChI is InChI=1S/C34H61N3O2/c1-5-23-39-27-15-17-33(3)26(24-27)10-11-28-30-13-12-29(34(30,4)18-16-31(28)33)25(2)9-14-32(38)37-22-8-21-36-20-7-6-19-35/h5,25-31,36H,1,6-24,35H2,2-4H3,(H,37,38)/t25-,26-,27-,28+,29-,30+,31+,33+,34-/m1/s1. The van der Waals surface area contributed by atoms with Gasteiger partial charge >= 0.3 is 0 Å². The molecule has 0 heterocycles. The van der Waals surface area contributed by atoms with E-state index in [1.165, 1.54) is 57.8 Å². The Morgan fingerprint density at radius 3 is 2.56 bits per heavy atom. The van der Waals surface area contributed by atoms with Gasteiger partial charge in [0.1, 0.15) is 0 Å². The van der Waals surface area contributed by atoms with Crippen LogP contribution in [-0.2, 0) is 9.53 Å². The molecule has 0 spiro atoms. The number of fused-ring (bicyclic) bond motifs is 5. The van der Waals surface area contributed by atoms with Gasteiger partial charge in [-0.15, -0.1) is 6.58 Å². The van der Waals surface area contributed by atoms with Gasteiger partial charge in [0.2, 0.25) is 5.91 Å². The molecule has 9 atom stereocenters. The van der Waals surface area contributed by atoms with E-state index in [0.29, 0.717) is 35.9 Å².